The van der Waals surface area contributed by atoms with Crippen LogP contribution >= 0.6 is 12.4 Å². The zero-order valence-corrected chi connectivity index (χ0v) is 13.8. The topological polar surface area (TPSA) is 101 Å². The van der Waals surface area contributed by atoms with E-state index in [2.05, 4.69) is 10.3 Å². The van der Waals surface area contributed by atoms with Crippen molar-refractivity contribution in [1.29, 1.82) is 0 Å². The summed E-state index contributed by atoms with van der Waals surface area (Å²) in [5, 5.41) is 2.79. The Morgan fingerprint density at radius 1 is 1.29 bits per heavy atom. The predicted molar refractivity (Wildman–Crippen MR) is 91.9 cm³/mol. The van der Waals surface area contributed by atoms with E-state index in [9.17, 15) is 9.59 Å². The quantitative estimate of drug-likeness (QED) is 0.884. The molecule has 3 N–H and O–H groups in total. The van der Waals surface area contributed by atoms with Gasteiger partial charge in [-0.05, 0) is 43.5 Å². The first-order valence-corrected chi connectivity index (χ1v) is 7.52. The molecule has 128 valence electrons. The van der Waals surface area contributed by atoms with E-state index in [1.54, 1.807) is 29.2 Å². The molecule has 0 aromatic carbocycles. The summed E-state index contributed by atoms with van der Waals surface area (Å²) in [6.45, 7) is 0.539. The number of amides is 2. The normalized spacial score (nSPS) is 17.0. The third kappa shape index (κ3) is 3.86. The molecule has 0 saturated carbocycles. The first-order chi connectivity index (χ1) is 11.1. The molecule has 1 aliphatic heterocycles. The number of nitrogens with one attached hydrogen (secondary N) is 1. The van der Waals surface area contributed by atoms with Crippen molar-refractivity contribution in [2.45, 2.75) is 25.3 Å². The molecule has 1 saturated heterocycles. The van der Waals surface area contributed by atoms with E-state index in [0.717, 1.165) is 12.8 Å². The number of aromatic nitrogens is 1. The molecule has 0 bridgehead atoms. The standard InChI is InChI=1S/C16H18N4O3.ClH/c17-14-7-6-11(10-18-14)19-15(21)12-4-1-2-8-20(12)16(22)13-5-3-9-23-13;/h3,5-7,9-10,12H,1-2,4,8H2,(H2,17,18)(H,19,21);1H. The highest BCUT2D eigenvalue weighted by molar-refractivity contribution is 6.00. The molecule has 2 aromatic rings. The summed E-state index contributed by atoms with van der Waals surface area (Å²) >= 11 is 0. The van der Waals surface area contributed by atoms with Crippen LogP contribution in [-0.2, 0) is 4.79 Å². The molecule has 3 rings (SSSR count). The monoisotopic (exact) mass is 350 g/mol. The molecule has 1 fully saturated rings. The van der Waals surface area contributed by atoms with E-state index in [0.29, 0.717) is 24.5 Å². The number of hydrogen-bond donors (Lipinski definition) is 2. The van der Waals surface area contributed by atoms with Crippen LogP contribution in [0.3, 0.4) is 0 Å². The Kier molecular flexibility index (Phi) is 5.81. The zero-order valence-electron chi connectivity index (χ0n) is 13.0. The van der Waals surface area contributed by atoms with Crippen LogP contribution in [0.1, 0.15) is 29.8 Å². The zero-order chi connectivity index (χ0) is 16.2. The average Bonchev–Trinajstić information content (AvgIpc) is 3.11. The molecule has 0 radical (unpaired) electrons. The Balaban J connectivity index is 0.00000208. The molecule has 8 heteroatoms. The van der Waals surface area contributed by atoms with Crippen molar-refractivity contribution >= 4 is 35.7 Å². The van der Waals surface area contributed by atoms with Crippen molar-refractivity contribution in [3.8, 4) is 0 Å². The summed E-state index contributed by atoms with van der Waals surface area (Å²) in [7, 11) is 0. The van der Waals surface area contributed by atoms with Gasteiger partial charge < -0.3 is 20.4 Å². The number of rotatable bonds is 3. The largest absolute Gasteiger partial charge is 0.459 e. The van der Waals surface area contributed by atoms with Crippen molar-refractivity contribution < 1.29 is 14.0 Å². The molecule has 7 nitrogen and oxygen atoms in total. The fourth-order valence-corrected chi connectivity index (χ4v) is 2.69. The number of carbonyl (C=O) groups excluding carboxylic acids is 2. The number of carbonyl (C=O) groups is 2. The summed E-state index contributed by atoms with van der Waals surface area (Å²) < 4.78 is 5.16. The lowest BCUT2D eigenvalue weighted by molar-refractivity contribution is -0.121. The van der Waals surface area contributed by atoms with Crippen molar-refractivity contribution in [1.82, 2.24) is 9.88 Å². The number of hydrogen-bond acceptors (Lipinski definition) is 5. The van der Waals surface area contributed by atoms with Gasteiger partial charge in [-0.15, -0.1) is 12.4 Å². The van der Waals surface area contributed by atoms with Gasteiger partial charge in [0.2, 0.25) is 5.91 Å². The highest BCUT2D eigenvalue weighted by Crippen LogP contribution is 2.21. The van der Waals surface area contributed by atoms with Gasteiger partial charge in [0.25, 0.3) is 5.91 Å². The molecular weight excluding hydrogens is 332 g/mol. The van der Waals surface area contributed by atoms with Crippen LogP contribution in [-0.4, -0.2) is 34.3 Å². The second-order valence-corrected chi connectivity index (χ2v) is 5.45. The summed E-state index contributed by atoms with van der Waals surface area (Å²) in [5.74, 6) is 0.149. The highest BCUT2D eigenvalue weighted by atomic mass is 35.5. The van der Waals surface area contributed by atoms with E-state index in [1.165, 1.54) is 12.5 Å². The van der Waals surface area contributed by atoms with Crippen molar-refractivity contribution in [3.05, 3.63) is 42.5 Å². The molecule has 24 heavy (non-hydrogen) atoms. The van der Waals surface area contributed by atoms with E-state index >= 15 is 0 Å². The molecule has 2 aromatic heterocycles. The van der Waals surface area contributed by atoms with Crippen LogP contribution in [0.15, 0.2) is 41.1 Å². The van der Waals surface area contributed by atoms with Crippen LogP contribution in [0.5, 0.6) is 0 Å². The number of piperidine rings is 1. The van der Waals surface area contributed by atoms with Gasteiger partial charge in [-0.25, -0.2) is 4.98 Å². The van der Waals surface area contributed by atoms with Gasteiger partial charge in [0.15, 0.2) is 5.76 Å². The van der Waals surface area contributed by atoms with Crippen LogP contribution in [0.25, 0.3) is 0 Å². The second kappa shape index (κ2) is 7.83. The average molecular weight is 351 g/mol. The summed E-state index contributed by atoms with van der Waals surface area (Å²) in [6, 6.07) is 6.05. The Labute approximate surface area is 145 Å². The number of furan rings is 1. The SMILES string of the molecule is Cl.Nc1ccc(NC(=O)C2CCCCN2C(=O)c2ccco2)cn1. The fourth-order valence-electron chi connectivity index (χ4n) is 2.69. The third-order valence-corrected chi connectivity index (χ3v) is 3.85. The number of nitrogens with zero attached hydrogens (tertiary/aromatic N) is 2. The predicted octanol–water partition coefficient (Wildman–Crippen LogP) is 2.31. The number of anilines is 2. The maximum atomic E-state index is 12.5. The number of likely N-dealkylation sites (tertiary alicyclic amines) is 1. The lowest BCUT2D eigenvalue weighted by Crippen LogP contribution is -2.49. The maximum Gasteiger partial charge on any atom is 0.290 e. The van der Waals surface area contributed by atoms with Gasteiger partial charge in [0.1, 0.15) is 11.9 Å². The van der Waals surface area contributed by atoms with Gasteiger partial charge >= 0.3 is 0 Å². The van der Waals surface area contributed by atoms with Gasteiger partial charge in [0.05, 0.1) is 18.1 Å². The summed E-state index contributed by atoms with van der Waals surface area (Å²) in [4.78, 5) is 30.5. The molecular formula is C16H19ClN4O3. The molecule has 0 aliphatic carbocycles. The summed E-state index contributed by atoms with van der Waals surface area (Å²) in [5.41, 5.74) is 6.08. The van der Waals surface area contributed by atoms with E-state index in [1.807, 2.05) is 0 Å². The minimum atomic E-state index is -0.515. The molecule has 1 atom stereocenters. The van der Waals surface area contributed by atoms with E-state index in [4.69, 9.17) is 10.2 Å². The van der Waals surface area contributed by atoms with Crippen LogP contribution in [0, 0.1) is 0 Å². The summed E-state index contributed by atoms with van der Waals surface area (Å²) in [6.07, 6.45) is 5.35. The molecule has 1 aliphatic rings. The number of pyridine rings is 1. The van der Waals surface area contributed by atoms with Crippen LogP contribution in [0.2, 0.25) is 0 Å². The number of halogens is 1. The third-order valence-electron chi connectivity index (χ3n) is 3.85. The van der Waals surface area contributed by atoms with Crippen LogP contribution in [0.4, 0.5) is 11.5 Å². The highest BCUT2D eigenvalue weighted by Gasteiger charge is 2.33. The van der Waals surface area contributed by atoms with Crippen LogP contribution < -0.4 is 11.1 Å². The van der Waals surface area contributed by atoms with Crippen molar-refractivity contribution in [2.24, 2.45) is 0 Å². The lowest BCUT2D eigenvalue weighted by Gasteiger charge is -2.34. The minimum absolute atomic E-state index is 0. The Bertz CT molecular complexity index is 688. The number of nitrogen functional groups attached to an aromatic ring is 1. The van der Waals surface area contributed by atoms with Gasteiger partial charge in [-0.1, -0.05) is 0 Å². The van der Waals surface area contributed by atoms with Gasteiger partial charge in [-0.3, -0.25) is 9.59 Å². The van der Waals surface area contributed by atoms with E-state index < -0.39 is 6.04 Å². The fraction of sp³-hybridized carbons (Fsp3) is 0.312. The maximum absolute atomic E-state index is 12.5. The second-order valence-electron chi connectivity index (χ2n) is 5.45. The molecule has 0 spiro atoms. The number of nitrogens with two attached hydrogens (primary N) is 1. The van der Waals surface area contributed by atoms with Crippen molar-refractivity contribution in [3.63, 3.8) is 0 Å². The molecule has 3 heterocycles. The smallest absolute Gasteiger partial charge is 0.290 e. The first-order valence-electron chi connectivity index (χ1n) is 7.52. The van der Waals surface area contributed by atoms with E-state index in [-0.39, 0.29) is 30.0 Å². The Morgan fingerprint density at radius 3 is 2.79 bits per heavy atom. The Morgan fingerprint density at radius 2 is 2.12 bits per heavy atom. The molecule has 1 unspecified atom stereocenters. The minimum Gasteiger partial charge on any atom is -0.459 e. The lowest BCUT2D eigenvalue weighted by atomic mass is 10.0. The van der Waals surface area contributed by atoms with Gasteiger partial charge in [-0.2, -0.15) is 0 Å². The van der Waals surface area contributed by atoms with Crippen molar-refractivity contribution in [2.75, 3.05) is 17.6 Å². The van der Waals surface area contributed by atoms with Gasteiger partial charge in [0, 0.05) is 6.54 Å². The molecule has 2 amide bonds. The Hall–Kier alpha value is -2.54. The first kappa shape index (κ1) is 17.8.